The standard InChI is InChI=1S/C20H21ClN2O4/c1-14(24)15-7-5-8-17(10-15)22-19(25)12-23(13-20(26)27-2)11-16-6-3-4-9-18(16)21/h3-10H,11-13H2,1-2H3,(H,22,25). The molecule has 0 radical (unpaired) electrons. The Bertz CT molecular complexity index is 838. The predicted octanol–water partition coefficient (Wildman–Crippen LogP) is 3.16. The smallest absolute Gasteiger partial charge is 0.319 e. The maximum absolute atomic E-state index is 12.4. The zero-order valence-corrected chi connectivity index (χ0v) is 16.0. The molecule has 0 unspecified atom stereocenters. The van der Waals surface area contributed by atoms with Crippen LogP contribution < -0.4 is 5.32 Å². The van der Waals surface area contributed by atoms with Gasteiger partial charge in [0.05, 0.1) is 20.2 Å². The summed E-state index contributed by atoms with van der Waals surface area (Å²) >= 11 is 6.18. The van der Waals surface area contributed by atoms with E-state index in [1.54, 1.807) is 35.2 Å². The molecular weight excluding hydrogens is 368 g/mol. The first kappa shape index (κ1) is 20.6. The van der Waals surface area contributed by atoms with Crippen molar-refractivity contribution in [1.82, 2.24) is 4.90 Å². The third-order valence-corrected chi connectivity index (χ3v) is 4.22. The molecule has 0 bridgehead atoms. The second-order valence-electron chi connectivity index (χ2n) is 6.00. The van der Waals surface area contributed by atoms with E-state index in [0.717, 1.165) is 5.56 Å². The van der Waals surface area contributed by atoms with E-state index in [1.165, 1.54) is 14.0 Å². The summed E-state index contributed by atoms with van der Waals surface area (Å²) in [6.45, 7) is 1.69. The van der Waals surface area contributed by atoms with Gasteiger partial charge in [-0.05, 0) is 30.7 Å². The van der Waals surface area contributed by atoms with Gasteiger partial charge in [0.25, 0.3) is 0 Å². The molecule has 1 N–H and O–H groups in total. The number of ether oxygens (including phenoxy) is 1. The average Bonchev–Trinajstić information content (AvgIpc) is 2.63. The Hall–Kier alpha value is -2.70. The summed E-state index contributed by atoms with van der Waals surface area (Å²) in [4.78, 5) is 37.2. The van der Waals surface area contributed by atoms with Crippen LogP contribution in [0.5, 0.6) is 0 Å². The quantitative estimate of drug-likeness (QED) is 0.555. The number of Topliss-reactive ketones (excluding diaryl/α,β-unsaturated/α-hetero) is 1. The monoisotopic (exact) mass is 388 g/mol. The number of nitrogens with zero attached hydrogens (tertiary/aromatic N) is 1. The molecule has 1 amide bonds. The average molecular weight is 389 g/mol. The van der Waals surface area contributed by atoms with Gasteiger partial charge in [0, 0.05) is 22.8 Å². The van der Waals surface area contributed by atoms with Crippen molar-refractivity contribution in [2.24, 2.45) is 0 Å². The number of rotatable bonds is 8. The van der Waals surface area contributed by atoms with E-state index in [-0.39, 0.29) is 24.8 Å². The molecule has 0 atom stereocenters. The lowest BCUT2D eigenvalue weighted by Gasteiger charge is -2.21. The maximum Gasteiger partial charge on any atom is 0.319 e. The highest BCUT2D eigenvalue weighted by molar-refractivity contribution is 6.31. The van der Waals surface area contributed by atoms with Crippen molar-refractivity contribution in [3.05, 3.63) is 64.7 Å². The van der Waals surface area contributed by atoms with Gasteiger partial charge >= 0.3 is 5.97 Å². The highest BCUT2D eigenvalue weighted by Crippen LogP contribution is 2.17. The number of amides is 1. The highest BCUT2D eigenvalue weighted by atomic mass is 35.5. The zero-order valence-electron chi connectivity index (χ0n) is 15.2. The molecule has 0 fully saturated rings. The fraction of sp³-hybridized carbons (Fsp3) is 0.250. The Morgan fingerprint density at radius 2 is 1.81 bits per heavy atom. The van der Waals surface area contributed by atoms with Gasteiger partial charge in [-0.15, -0.1) is 0 Å². The Morgan fingerprint density at radius 1 is 1.07 bits per heavy atom. The van der Waals surface area contributed by atoms with Gasteiger partial charge in [-0.3, -0.25) is 19.3 Å². The molecule has 6 nitrogen and oxygen atoms in total. The van der Waals surface area contributed by atoms with Crippen molar-refractivity contribution in [1.29, 1.82) is 0 Å². The van der Waals surface area contributed by atoms with E-state index in [1.807, 2.05) is 18.2 Å². The van der Waals surface area contributed by atoms with Crippen LogP contribution in [0.15, 0.2) is 48.5 Å². The topological polar surface area (TPSA) is 75.7 Å². The van der Waals surface area contributed by atoms with E-state index in [2.05, 4.69) is 5.32 Å². The SMILES string of the molecule is COC(=O)CN(CC(=O)Nc1cccc(C(C)=O)c1)Cc1ccccc1Cl. The molecule has 2 rings (SSSR count). The minimum Gasteiger partial charge on any atom is -0.468 e. The molecular formula is C20H21ClN2O4. The van der Waals surface area contributed by atoms with Gasteiger partial charge in [0.2, 0.25) is 5.91 Å². The van der Waals surface area contributed by atoms with Crippen molar-refractivity contribution < 1.29 is 19.1 Å². The van der Waals surface area contributed by atoms with E-state index < -0.39 is 5.97 Å². The van der Waals surface area contributed by atoms with Gasteiger partial charge in [-0.25, -0.2) is 0 Å². The van der Waals surface area contributed by atoms with Crippen LogP contribution in [0.4, 0.5) is 5.69 Å². The molecule has 0 heterocycles. The van der Waals surface area contributed by atoms with Gasteiger partial charge in [0.15, 0.2) is 5.78 Å². The fourth-order valence-electron chi connectivity index (χ4n) is 2.50. The summed E-state index contributed by atoms with van der Waals surface area (Å²) in [6.07, 6.45) is 0. The first-order chi connectivity index (χ1) is 12.9. The third kappa shape index (κ3) is 6.51. The number of anilines is 1. The summed E-state index contributed by atoms with van der Waals surface area (Å²) in [5.74, 6) is -0.850. The number of methoxy groups -OCH3 is 1. The predicted molar refractivity (Wildman–Crippen MR) is 104 cm³/mol. The number of halogens is 1. The molecule has 0 aliphatic rings. The molecule has 0 aromatic heterocycles. The minimum atomic E-state index is -0.451. The van der Waals surface area contributed by atoms with Crippen molar-refractivity contribution in [3.63, 3.8) is 0 Å². The van der Waals surface area contributed by atoms with Crippen molar-refractivity contribution >= 4 is 34.9 Å². The number of ketones is 1. The van der Waals surface area contributed by atoms with Crippen molar-refractivity contribution in [2.75, 3.05) is 25.5 Å². The number of nitrogens with one attached hydrogen (secondary N) is 1. The highest BCUT2D eigenvalue weighted by Gasteiger charge is 2.17. The molecule has 2 aromatic rings. The number of carbonyl (C=O) groups is 3. The molecule has 0 saturated heterocycles. The van der Waals surface area contributed by atoms with Crippen molar-refractivity contribution in [3.8, 4) is 0 Å². The van der Waals surface area contributed by atoms with Crippen LogP contribution >= 0.6 is 11.6 Å². The summed E-state index contributed by atoms with van der Waals surface area (Å²) in [5, 5.41) is 3.30. The molecule has 142 valence electrons. The fourth-order valence-corrected chi connectivity index (χ4v) is 2.70. The Kier molecular flexibility index (Phi) is 7.52. The van der Waals surface area contributed by atoms with Crippen LogP contribution in [-0.4, -0.2) is 42.8 Å². The van der Waals surface area contributed by atoms with E-state index in [9.17, 15) is 14.4 Å². The Labute approximate surface area is 163 Å². The minimum absolute atomic E-state index is 0.0371. The number of hydrogen-bond acceptors (Lipinski definition) is 5. The number of hydrogen-bond donors (Lipinski definition) is 1. The molecule has 7 heteroatoms. The lowest BCUT2D eigenvalue weighted by Crippen LogP contribution is -2.37. The first-order valence-electron chi connectivity index (χ1n) is 8.32. The van der Waals surface area contributed by atoms with Crippen LogP contribution in [0.25, 0.3) is 0 Å². The van der Waals surface area contributed by atoms with Gasteiger partial charge in [0.1, 0.15) is 0 Å². The lowest BCUT2D eigenvalue weighted by atomic mass is 10.1. The van der Waals surface area contributed by atoms with Crippen LogP contribution in [0, 0.1) is 0 Å². The van der Waals surface area contributed by atoms with Crippen LogP contribution in [0.2, 0.25) is 5.02 Å². The zero-order chi connectivity index (χ0) is 19.8. The largest absolute Gasteiger partial charge is 0.468 e. The molecule has 2 aromatic carbocycles. The van der Waals surface area contributed by atoms with E-state index in [4.69, 9.17) is 16.3 Å². The molecule has 0 spiro atoms. The summed E-state index contributed by atoms with van der Waals surface area (Å²) in [6, 6.07) is 13.9. The summed E-state index contributed by atoms with van der Waals surface area (Å²) in [5.41, 5.74) is 1.83. The normalized spacial score (nSPS) is 10.5. The maximum atomic E-state index is 12.4. The Morgan fingerprint density at radius 3 is 2.48 bits per heavy atom. The lowest BCUT2D eigenvalue weighted by molar-refractivity contribution is -0.142. The van der Waals surface area contributed by atoms with Gasteiger partial charge in [-0.1, -0.05) is 41.9 Å². The number of esters is 1. The van der Waals surface area contributed by atoms with E-state index in [0.29, 0.717) is 22.8 Å². The third-order valence-electron chi connectivity index (χ3n) is 3.85. The molecule has 27 heavy (non-hydrogen) atoms. The Balaban J connectivity index is 2.08. The van der Waals surface area contributed by atoms with Crippen molar-refractivity contribution in [2.45, 2.75) is 13.5 Å². The molecule has 0 saturated carbocycles. The second kappa shape index (κ2) is 9.85. The van der Waals surface area contributed by atoms with Crippen LogP contribution in [-0.2, 0) is 20.9 Å². The number of benzene rings is 2. The van der Waals surface area contributed by atoms with Gasteiger partial charge in [-0.2, -0.15) is 0 Å². The van der Waals surface area contributed by atoms with E-state index >= 15 is 0 Å². The molecule has 0 aliphatic carbocycles. The summed E-state index contributed by atoms with van der Waals surface area (Å²) in [7, 11) is 1.29. The van der Waals surface area contributed by atoms with Crippen LogP contribution in [0.3, 0.4) is 0 Å². The van der Waals surface area contributed by atoms with Crippen LogP contribution in [0.1, 0.15) is 22.8 Å². The first-order valence-corrected chi connectivity index (χ1v) is 8.70. The second-order valence-corrected chi connectivity index (χ2v) is 6.41. The van der Waals surface area contributed by atoms with Gasteiger partial charge < -0.3 is 10.1 Å². The summed E-state index contributed by atoms with van der Waals surface area (Å²) < 4.78 is 4.71. The number of carbonyl (C=O) groups excluding carboxylic acids is 3. The molecule has 0 aliphatic heterocycles.